The Balaban J connectivity index is 2.37. The van der Waals surface area contributed by atoms with Gasteiger partial charge >= 0.3 is 0 Å². The lowest BCUT2D eigenvalue weighted by Gasteiger charge is -2.34. The zero-order valence-corrected chi connectivity index (χ0v) is 8.81. The first-order chi connectivity index (χ1) is 6.66. The average molecular weight is 224 g/mol. The van der Waals surface area contributed by atoms with Gasteiger partial charge in [-0.2, -0.15) is 0 Å². The van der Waals surface area contributed by atoms with Crippen LogP contribution in [0.3, 0.4) is 0 Å². The second kappa shape index (κ2) is 5.89. The molecule has 1 aliphatic rings. The van der Waals surface area contributed by atoms with Gasteiger partial charge in [0.1, 0.15) is 12.2 Å². The summed E-state index contributed by atoms with van der Waals surface area (Å²) < 4.78 is 9.96. The molecule has 84 valence electrons. The maximum Gasteiger partial charge on any atom is 0.185 e. The van der Waals surface area contributed by atoms with Gasteiger partial charge in [0.2, 0.25) is 0 Å². The zero-order valence-electron chi connectivity index (χ0n) is 8.00. The molecule has 0 radical (unpaired) electrons. The molecule has 1 rings (SSSR count). The third-order valence-electron chi connectivity index (χ3n) is 1.92. The second-order valence-electron chi connectivity index (χ2n) is 3.16. The lowest BCUT2D eigenvalue weighted by molar-refractivity contribution is -0.242. The zero-order chi connectivity index (χ0) is 10.6. The number of hydrogen-bond acceptors (Lipinski definition) is 6. The Bertz CT molecular complexity index is 168. The van der Waals surface area contributed by atoms with Crippen LogP contribution in [0.2, 0.25) is 0 Å². The highest BCUT2D eigenvalue weighted by molar-refractivity contribution is 7.94. The highest BCUT2D eigenvalue weighted by atomic mass is 32.2. The minimum Gasteiger partial charge on any atom is -0.388 e. The van der Waals surface area contributed by atoms with Gasteiger partial charge < -0.3 is 24.2 Å². The van der Waals surface area contributed by atoms with Crippen LogP contribution in [0.5, 0.6) is 0 Å². The number of aliphatic hydroxyl groups excluding tert-OH is 3. The molecular formula is C8H16O5S. The number of ether oxygens (including phenoxy) is 1. The predicted octanol–water partition coefficient (Wildman–Crippen LogP) is -0.500. The van der Waals surface area contributed by atoms with Crippen LogP contribution in [-0.4, -0.2) is 52.3 Å². The summed E-state index contributed by atoms with van der Waals surface area (Å²) in [6, 6.07) is 0. The fraction of sp³-hybridized carbons (Fsp3) is 1.00. The lowest BCUT2D eigenvalue weighted by atomic mass is 10.1. The first-order valence-corrected chi connectivity index (χ1v) is 5.52. The Morgan fingerprint density at radius 2 is 2.14 bits per heavy atom. The molecule has 0 unspecified atom stereocenters. The van der Waals surface area contributed by atoms with Crippen LogP contribution < -0.4 is 0 Å². The van der Waals surface area contributed by atoms with Gasteiger partial charge in [0.25, 0.3) is 0 Å². The minimum absolute atomic E-state index is 0.0688. The van der Waals surface area contributed by atoms with Crippen molar-refractivity contribution in [1.82, 2.24) is 0 Å². The Kier molecular flexibility index (Phi) is 5.14. The molecule has 1 aliphatic heterocycles. The molecule has 3 N–H and O–H groups in total. The molecular weight excluding hydrogens is 208 g/mol. The third-order valence-corrected chi connectivity index (χ3v) is 2.85. The summed E-state index contributed by atoms with van der Waals surface area (Å²) in [7, 11) is 0. The van der Waals surface area contributed by atoms with E-state index in [1.54, 1.807) is 0 Å². The highest BCUT2D eigenvalue weighted by Gasteiger charge is 2.39. The normalized spacial score (nSPS) is 38.6. The van der Waals surface area contributed by atoms with E-state index < -0.39 is 24.6 Å². The van der Waals surface area contributed by atoms with Crippen LogP contribution in [0.4, 0.5) is 0 Å². The summed E-state index contributed by atoms with van der Waals surface area (Å²) in [5.41, 5.74) is 0. The van der Waals surface area contributed by atoms with Gasteiger partial charge in [-0.1, -0.05) is 6.92 Å². The molecule has 0 aliphatic carbocycles. The molecule has 0 spiro atoms. The van der Waals surface area contributed by atoms with Gasteiger partial charge in [0.15, 0.2) is 12.4 Å². The molecule has 5 nitrogen and oxygen atoms in total. The van der Waals surface area contributed by atoms with E-state index in [1.807, 2.05) is 6.92 Å². The summed E-state index contributed by atoms with van der Waals surface area (Å²) >= 11 is 1.16. The average Bonchev–Trinajstić information content (AvgIpc) is 2.18. The molecule has 14 heavy (non-hydrogen) atoms. The number of rotatable bonds is 4. The van der Waals surface area contributed by atoms with E-state index in [9.17, 15) is 15.3 Å². The molecule has 0 aromatic carbocycles. The van der Waals surface area contributed by atoms with Crippen LogP contribution in [0.25, 0.3) is 0 Å². The quantitative estimate of drug-likeness (QED) is 0.441. The fourth-order valence-electron chi connectivity index (χ4n) is 1.09. The smallest absolute Gasteiger partial charge is 0.185 e. The number of aliphatic hydroxyl groups is 3. The van der Waals surface area contributed by atoms with Crippen LogP contribution >= 0.6 is 12.0 Å². The van der Waals surface area contributed by atoms with E-state index in [-0.39, 0.29) is 6.61 Å². The molecule has 1 fully saturated rings. The largest absolute Gasteiger partial charge is 0.388 e. The Labute approximate surface area is 87.2 Å². The van der Waals surface area contributed by atoms with Crippen molar-refractivity contribution in [3.63, 3.8) is 0 Å². The van der Waals surface area contributed by atoms with Gasteiger partial charge in [-0.3, -0.25) is 0 Å². The van der Waals surface area contributed by atoms with Crippen molar-refractivity contribution in [2.45, 2.75) is 37.9 Å². The van der Waals surface area contributed by atoms with E-state index in [2.05, 4.69) is 0 Å². The Morgan fingerprint density at radius 3 is 2.79 bits per heavy atom. The summed E-state index contributed by atoms with van der Waals surface area (Å²) in [5.74, 6) is 0.770. The predicted molar refractivity (Wildman–Crippen MR) is 51.6 cm³/mol. The van der Waals surface area contributed by atoms with Gasteiger partial charge in [0, 0.05) is 5.75 Å². The van der Waals surface area contributed by atoms with E-state index in [4.69, 9.17) is 8.92 Å². The Hall–Kier alpha value is 0.150. The van der Waals surface area contributed by atoms with Gasteiger partial charge in [-0.25, -0.2) is 0 Å². The van der Waals surface area contributed by atoms with Crippen LogP contribution in [0.1, 0.15) is 13.3 Å². The monoisotopic (exact) mass is 224 g/mol. The Morgan fingerprint density at radius 1 is 1.43 bits per heavy atom. The molecule has 4 atom stereocenters. The van der Waals surface area contributed by atoms with Gasteiger partial charge in [-0.05, 0) is 18.5 Å². The van der Waals surface area contributed by atoms with E-state index in [0.717, 1.165) is 24.2 Å². The van der Waals surface area contributed by atoms with Crippen molar-refractivity contribution in [2.24, 2.45) is 0 Å². The van der Waals surface area contributed by atoms with Crippen molar-refractivity contribution < 1.29 is 24.2 Å². The van der Waals surface area contributed by atoms with Crippen LogP contribution in [-0.2, 0) is 8.92 Å². The fourth-order valence-corrected chi connectivity index (χ4v) is 1.72. The maximum atomic E-state index is 9.48. The third kappa shape index (κ3) is 3.08. The molecule has 0 bridgehead atoms. The van der Waals surface area contributed by atoms with Crippen molar-refractivity contribution in [3.8, 4) is 0 Å². The maximum absolute atomic E-state index is 9.48. The van der Waals surface area contributed by atoms with Crippen molar-refractivity contribution >= 4 is 12.0 Å². The van der Waals surface area contributed by atoms with Gasteiger partial charge in [-0.15, -0.1) is 0 Å². The van der Waals surface area contributed by atoms with E-state index in [0.29, 0.717) is 0 Å². The molecule has 1 saturated heterocycles. The minimum atomic E-state index is -1.17. The lowest BCUT2D eigenvalue weighted by Crippen LogP contribution is -2.53. The molecule has 1 heterocycles. The summed E-state index contributed by atoms with van der Waals surface area (Å²) in [6.07, 6.45) is -3.20. The molecule has 0 aromatic heterocycles. The topological polar surface area (TPSA) is 79.2 Å². The second-order valence-corrected chi connectivity index (χ2v) is 4.00. The SMILES string of the molecule is CCCSO[C@@H]1[C@@H](O)[C@H](O)CO[C@H]1O. The molecule has 0 saturated carbocycles. The first-order valence-electron chi connectivity index (χ1n) is 4.61. The van der Waals surface area contributed by atoms with E-state index >= 15 is 0 Å². The van der Waals surface area contributed by atoms with Crippen LogP contribution in [0, 0.1) is 0 Å². The summed E-state index contributed by atoms with van der Waals surface area (Å²) in [6.45, 7) is 1.93. The van der Waals surface area contributed by atoms with Crippen molar-refractivity contribution in [1.29, 1.82) is 0 Å². The standard InChI is InChI=1S/C8H16O5S/c1-2-3-14-13-7-6(10)5(9)4-12-8(7)11/h5-11H,2-4H2,1H3/t5-,6+,7-,8-/m1/s1. The first kappa shape index (κ1) is 12.2. The van der Waals surface area contributed by atoms with Crippen molar-refractivity contribution in [2.75, 3.05) is 12.4 Å². The molecule has 0 aromatic rings. The highest BCUT2D eigenvalue weighted by Crippen LogP contribution is 2.21. The summed E-state index contributed by atoms with van der Waals surface area (Å²) in [5, 5.41) is 28.1. The van der Waals surface area contributed by atoms with Crippen LogP contribution in [0.15, 0.2) is 0 Å². The van der Waals surface area contributed by atoms with Crippen molar-refractivity contribution in [3.05, 3.63) is 0 Å². The summed E-state index contributed by atoms with van der Waals surface area (Å²) in [4.78, 5) is 0. The van der Waals surface area contributed by atoms with E-state index in [1.165, 1.54) is 0 Å². The van der Waals surface area contributed by atoms with Gasteiger partial charge in [0.05, 0.1) is 6.61 Å². The molecule has 6 heteroatoms. The molecule has 0 amide bonds. The number of hydrogen-bond donors (Lipinski definition) is 3.